The van der Waals surface area contributed by atoms with Crippen LogP contribution in [0.2, 0.25) is 0 Å². The number of aryl methyl sites for hydroxylation is 1. The average molecular weight is 477 g/mol. The predicted molar refractivity (Wildman–Crippen MR) is 134 cm³/mol. The van der Waals surface area contributed by atoms with Crippen LogP contribution in [0.3, 0.4) is 0 Å². The van der Waals surface area contributed by atoms with Crippen LogP contribution in [-0.4, -0.2) is 17.9 Å². The topological polar surface area (TPSA) is 112 Å². The zero-order valence-electron chi connectivity index (χ0n) is 19.0. The Morgan fingerprint density at radius 1 is 1.09 bits per heavy atom. The van der Waals surface area contributed by atoms with Gasteiger partial charge in [-0.3, -0.25) is 14.4 Å². The normalized spacial score (nSPS) is 11.9. The summed E-state index contributed by atoms with van der Waals surface area (Å²) in [6.07, 6.45) is -0.725. The van der Waals surface area contributed by atoms with Crippen LogP contribution in [0, 0.1) is 13.8 Å². The van der Waals surface area contributed by atoms with Gasteiger partial charge >= 0.3 is 0 Å². The number of para-hydroxylation sites is 1. The number of thiophene rings is 1. The molecule has 7 nitrogen and oxygen atoms in total. The van der Waals surface area contributed by atoms with Crippen LogP contribution in [0.15, 0.2) is 63.8 Å². The highest BCUT2D eigenvalue weighted by molar-refractivity contribution is 7.16. The molecule has 174 valence electrons. The lowest BCUT2D eigenvalue weighted by Crippen LogP contribution is -2.34. The number of primary amides is 1. The maximum Gasteiger partial charge on any atom is 0.266 e. The predicted octanol–water partition coefficient (Wildman–Crippen LogP) is 5.03. The average Bonchev–Trinajstić information content (AvgIpc) is 3.11. The van der Waals surface area contributed by atoms with Crippen molar-refractivity contribution in [2.75, 3.05) is 5.32 Å². The van der Waals surface area contributed by atoms with Crippen molar-refractivity contribution in [3.8, 4) is 17.1 Å². The smallest absolute Gasteiger partial charge is 0.266 e. The van der Waals surface area contributed by atoms with Gasteiger partial charge in [0.1, 0.15) is 10.6 Å². The SMILES string of the molecule is CCC(Oc1c(-c2ccccc2)oc2ccccc2c1=O)C(=O)Nc1sc(C)c(C)c1C(N)=O. The monoisotopic (exact) mass is 476 g/mol. The molecule has 3 N–H and O–H groups in total. The molecule has 0 saturated carbocycles. The Kier molecular flexibility index (Phi) is 6.51. The minimum absolute atomic E-state index is 0.0411. The lowest BCUT2D eigenvalue weighted by Gasteiger charge is -2.19. The summed E-state index contributed by atoms with van der Waals surface area (Å²) in [5.74, 6) is -0.901. The van der Waals surface area contributed by atoms with Crippen molar-refractivity contribution in [3.63, 3.8) is 0 Å². The maximum absolute atomic E-state index is 13.4. The Bertz CT molecular complexity index is 1440. The number of rotatable bonds is 7. The molecule has 0 aliphatic rings. The summed E-state index contributed by atoms with van der Waals surface area (Å²) in [4.78, 5) is 39.3. The van der Waals surface area contributed by atoms with Crippen molar-refractivity contribution >= 4 is 39.1 Å². The second-order valence-electron chi connectivity index (χ2n) is 7.81. The first kappa shape index (κ1) is 23.3. The molecule has 0 aliphatic carbocycles. The number of amides is 2. The van der Waals surface area contributed by atoms with Gasteiger partial charge in [0.25, 0.3) is 11.8 Å². The first-order valence-corrected chi connectivity index (χ1v) is 11.6. The van der Waals surface area contributed by atoms with Gasteiger partial charge in [-0.15, -0.1) is 11.3 Å². The third-order valence-corrected chi connectivity index (χ3v) is 6.71. The molecule has 4 aromatic rings. The quantitative estimate of drug-likeness (QED) is 0.388. The molecule has 4 rings (SSSR count). The number of nitrogens with one attached hydrogen (secondary N) is 1. The highest BCUT2D eigenvalue weighted by Gasteiger charge is 2.27. The standard InChI is InChI=1S/C26H24N2O5S/c1-4-18(25(31)28-26-20(24(27)30)14(2)15(3)34-26)32-23-21(29)17-12-8-9-13-19(17)33-22(23)16-10-6-5-7-11-16/h5-13,18H,4H2,1-3H3,(H2,27,30)(H,28,31). The lowest BCUT2D eigenvalue weighted by atomic mass is 10.1. The van der Waals surface area contributed by atoms with Gasteiger partial charge in [-0.05, 0) is 38.0 Å². The number of hydrogen-bond acceptors (Lipinski definition) is 6. The van der Waals surface area contributed by atoms with E-state index in [1.807, 2.05) is 25.1 Å². The van der Waals surface area contributed by atoms with Gasteiger partial charge in [-0.1, -0.05) is 49.4 Å². The molecule has 0 spiro atoms. The lowest BCUT2D eigenvalue weighted by molar-refractivity contribution is -0.122. The van der Waals surface area contributed by atoms with Crippen molar-refractivity contribution in [1.29, 1.82) is 0 Å². The molecule has 0 saturated heterocycles. The fourth-order valence-corrected chi connectivity index (χ4v) is 4.75. The number of benzene rings is 2. The van der Waals surface area contributed by atoms with Gasteiger partial charge in [-0.2, -0.15) is 0 Å². The Labute approximate surface area is 200 Å². The molecular formula is C26H24N2O5S. The number of hydrogen-bond donors (Lipinski definition) is 2. The van der Waals surface area contributed by atoms with Crippen molar-refractivity contribution in [2.45, 2.75) is 33.3 Å². The van der Waals surface area contributed by atoms with Crippen molar-refractivity contribution in [1.82, 2.24) is 0 Å². The van der Waals surface area contributed by atoms with E-state index in [0.717, 1.165) is 10.4 Å². The molecule has 1 unspecified atom stereocenters. The van der Waals surface area contributed by atoms with Gasteiger partial charge < -0.3 is 20.2 Å². The molecule has 2 amide bonds. The fraction of sp³-hybridized carbons (Fsp3) is 0.192. The van der Waals surface area contributed by atoms with Crippen LogP contribution in [-0.2, 0) is 4.79 Å². The van der Waals surface area contributed by atoms with Gasteiger partial charge in [0.2, 0.25) is 11.2 Å². The molecule has 0 bridgehead atoms. The third kappa shape index (κ3) is 4.32. The molecule has 2 aromatic carbocycles. The van der Waals surface area contributed by atoms with E-state index >= 15 is 0 Å². The Hall–Kier alpha value is -3.91. The first-order chi connectivity index (χ1) is 16.3. The van der Waals surface area contributed by atoms with Gasteiger partial charge in [-0.25, -0.2) is 0 Å². The number of nitrogens with two attached hydrogens (primary N) is 1. The molecule has 2 aromatic heterocycles. The van der Waals surface area contributed by atoms with Crippen LogP contribution >= 0.6 is 11.3 Å². The van der Waals surface area contributed by atoms with E-state index < -0.39 is 17.9 Å². The number of ether oxygens (including phenoxy) is 1. The Morgan fingerprint density at radius 3 is 2.44 bits per heavy atom. The van der Waals surface area contributed by atoms with Crippen molar-refractivity contribution in [3.05, 3.63) is 80.8 Å². The van der Waals surface area contributed by atoms with Crippen LogP contribution in [0.25, 0.3) is 22.3 Å². The molecule has 0 radical (unpaired) electrons. The van der Waals surface area contributed by atoms with E-state index in [9.17, 15) is 14.4 Å². The molecular weight excluding hydrogens is 452 g/mol. The second kappa shape index (κ2) is 9.52. The molecule has 0 fully saturated rings. The van der Waals surface area contributed by atoms with Gasteiger partial charge in [0.15, 0.2) is 11.9 Å². The van der Waals surface area contributed by atoms with Gasteiger partial charge in [0, 0.05) is 10.4 Å². The highest BCUT2D eigenvalue weighted by Crippen LogP contribution is 2.34. The van der Waals surface area contributed by atoms with Crippen molar-refractivity contribution < 1.29 is 18.7 Å². The Morgan fingerprint density at radius 2 is 1.76 bits per heavy atom. The zero-order valence-corrected chi connectivity index (χ0v) is 19.8. The maximum atomic E-state index is 13.4. The molecule has 0 aliphatic heterocycles. The molecule has 1 atom stereocenters. The minimum Gasteiger partial charge on any atom is -0.473 e. The van der Waals surface area contributed by atoms with Crippen LogP contribution in [0.1, 0.15) is 34.1 Å². The third-order valence-electron chi connectivity index (χ3n) is 5.58. The largest absolute Gasteiger partial charge is 0.473 e. The van der Waals surface area contributed by atoms with E-state index in [0.29, 0.717) is 21.5 Å². The number of carbonyl (C=O) groups excluding carboxylic acids is 2. The second-order valence-corrected chi connectivity index (χ2v) is 9.03. The van der Waals surface area contributed by atoms with Crippen molar-refractivity contribution in [2.24, 2.45) is 5.73 Å². The summed E-state index contributed by atoms with van der Waals surface area (Å²) in [6, 6.07) is 16.0. The highest BCUT2D eigenvalue weighted by atomic mass is 32.1. The minimum atomic E-state index is -1.00. The van der Waals surface area contributed by atoms with E-state index in [1.54, 1.807) is 50.2 Å². The van der Waals surface area contributed by atoms with Crippen LogP contribution < -0.4 is 21.2 Å². The van der Waals surface area contributed by atoms with Crippen LogP contribution in [0.4, 0.5) is 5.00 Å². The number of fused-ring (bicyclic) bond motifs is 1. The summed E-state index contributed by atoms with van der Waals surface area (Å²) in [6.45, 7) is 5.40. The Balaban J connectivity index is 1.74. The van der Waals surface area contributed by atoms with E-state index in [-0.39, 0.29) is 28.9 Å². The van der Waals surface area contributed by atoms with E-state index in [2.05, 4.69) is 5.32 Å². The summed E-state index contributed by atoms with van der Waals surface area (Å²) in [5.41, 5.74) is 7.23. The molecule has 2 heterocycles. The summed E-state index contributed by atoms with van der Waals surface area (Å²) in [7, 11) is 0. The molecule has 8 heteroatoms. The summed E-state index contributed by atoms with van der Waals surface area (Å²) >= 11 is 1.27. The van der Waals surface area contributed by atoms with Gasteiger partial charge in [0.05, 0.1) is 10.9 Å². The summed E-state index contributed by atoms with van der Waals surface area (Å²) < 4.78 is 12.1. The molecule has 34 heavy (non-hydrogen) atoms. The number of anilines is 1. The number of carbonyl (C=O) groups is 2. The van der Waals surface area contributed by atoms with E-state index in [1.165, 1.54) is 11.3 Å². The zero-order chi connectivity index (χ0) is 24.4. The fourth-order valence-electron chi connectivity index (χ4n) is 3.68. The first-order valence-electron chi connectivity index (χ1n) is 10.8. The summed E-state index contributed by atoms with van der Waals surface area (Å²) in [5, 5.41) is 3.48. The van der Waals surface area contributed by atoms with E-state index in [4.69, 9.17) is 14.9 Å². The van der Waals surface area contributed by atoms with Crippen LogP contribution in [0.5, 0.6) is 5.75 Å².